The van der Waals surface area contributed by atoms with E-state index in [9.17, 15) is 9.59 Å². The van der Waals surface area contributed by atoms with Gasteiger partial charge in [0.1, 0.15) is 5.82 Å². The Labute approximate surface area is 238 Å². The number of nitrogens with two attached hydrogens (primary N) is 1. The monoisotopic (exact) mass is 560 g/mol. The Kier molecular flexibility index (Phi) is 8.41. The van der Waals surface area contributed by atoms with E-state index in [1.165, 1.54) is 0 Å². The third kappa shape index (κ3) is 5.85. The van der Waals surface area contributed by atoms with Gasteiger partial charge in [-0.2, -0.15) is 5.10 Å². The number of fused-ring (bicyclic) bond motifs is 1. The van der Waals surface area contributed by atoms with Gasteiger partial charge in [0.05, 0.1) is 28.0 Å². The van der Waals surface area contributed by atoms with Crippen LogP contribution >= 0.6 is 11.3 Å². The standard InChI is InChI=1S/C29H36N8O2S/c1-4-35(5-2)19(3)17-31-29(39)21-15-24(33-26(16-21)36-11-8-20(9-12-36)27(30)38)22-18-32-37-13-10-23(34-28(22)37)25-7-6-14-40-25/h6-7,10,13-16,18-20H,4-5,8-9,11-12,17H2,1-3H3,(H2,30,38)(H,31,39)/t19-/m0/s1. The van der Waals surface area contributed by atoms with Crippen LogP contribution in [-0.4, -0.2) is 75.1 Å². The highest BCUT2D eigenvalue weighted by Gasteiger charge is 2.25. The Morgan fingerprint density at radius 1 is 1.15 bits per heavy atom. The molecule has 1 saturated heterocycles. The van der Waals surface area contributed by atoms with Crippen molar-refractivity contribution in [1.29, 1.82) is 0 Å². The molecule has 1 aliphatic heterocycles. The molecule has 3 N–H and O–H groups in total. The van der Waals surface area contributed by atoms with Crippen LogP contribution in [0, 0.1) is 5.92 Å². The first-order valence-corrected chi connectivity index (χ1v) is 14.7. The second-order valence-electron chi connectivity index (χ2n) is 10.2. The van der Waals surface area contributed by atoms with Gasteiger partial charge in [0, 0.05) is 43.4 Å². The largest absolute Gasteiger partial charge is 0.369 e. The molecule has 5 heterocycles. The van der Waals surface area contributed by atoms with E-state index in [1.807, 2.05) is 41.9 Å². The van der Waals surface area contributed by atoms with Gasteiger partial charge < -0.3 is 16.0 Å². The Hall–Kier alpha value is -3.83. The van der Waals surface area contributed by atoms with Crippen LogP contribution in [0.5, 0.6) is 0 Å². The Morgan fingerprint density at radius 2 is 1.93 bits per heavy atom. The zero-order valence-electron chi connectivity index (χ0n) is 23.2. The smallest absolute Gasteiger partial charge is 0.251 e. The molecule has 4 aromatic heterocycles. The number of pyridine rings is 1. The van der Waals surface area contributed by atoms with Gasteiger partial charge >= 0.3 is 0 Å². The lowest BCUT2D eigenvalue weighted by Gasteiger charge is -2.32. The quantitative estimate of drug-likeness (QED) is 0.303. The molecule has 1 fully saturated rings. The van der Waals surface area contributed by atoms with Crippen molar-refractivity contribution in [2.45, 2.75) is 39.7 Å². The van der Waals surface area contributed by atoms with E-state index in [4.69, 9.17) is 15.7 Å². The van der Waals surface area contributed by atoms with Crippen molar-refractivity contribution < 1.29 is 9.59 Å². The number of hydrogen-bond donors (Lipinski definition) is 2. The summed E-state index contributed by atoms with van der Waals surface area (Å²) in [6.45, 7) is 10.0. The van der Waals surface area contributed by atoms with Crippen molar-refractivity contribution in [3.05, 3.63) is 53.7 Å². The highest BCUT2D eigenvalue weighted by molar-refractivity contribution is 7.13. The molecule has 40 heavy (non-hydrogen) atoms. The zero-order valence-corrected chi connectivity index (χ0v) is 24.0. The lowest BCUT2D eigenvalue weighted by Crippen LogP contribution is -2.42. The lowest BCUT2D eigenvalue weighted by atomic mass is 9.96. The number of nitrogens with one attached hydrogen (secondary N) is 1. The summed E-state index contributed by atoms with van der Waals surface area (Å²) in [7, 11) is 0. The van der Waals surface area contributed by atoms with E-state index in [0.717, 1.165) is 29.2 Å². The predicted octanol–water partition coefficient (Wildman–Crippen LogP) is 3.68. The van der Waals surface area contributed by atoms with E-state index < -0.39 is 0 Å². The van der Waals surface area contributed by atoms with E-state index in [-0.39, 0.29) is 23.8 Å². The van der Waals surface area contributed by atoms with Crippen LogP contribution in [0.2, 0.25) is 0 Å². The summed E-state index contributed by atoms with van der Waals surface area (Å²) in [6.07, 6.45) is 4.96. The molecule has 1 aliphatic rings. The SMILES string of the molecule is CCN(CC)[C@@H](C)CNC(=O)c1cc(-c2cnn3ccc(-c4cccs4)nc23)nc(N2CCC(C(N)=O)CC2)c1. The fourth-order valence-electron chi connectivity index (χ4n) is 5.27. The molecule has 11 heteroatoms. The molecular formula is C29H36N8O2S. The molecule has 0 bridgehead atoms. The highest BCUT2D eigenvalue weighted by atomic mass is 32.1. The number of thiophene rings is 1. The first-order chi connectivity index (χ1) is 19.4. The average Bonchev–Trinajstić information content (AvgIpc) is 3.66. The number of primary amides is 1. The van der Waals surface area contributed by atoms with E-state index >= 15 is 0 Å². The Bertz CT molecular complexity index is 1470. The van der Waals surface area contributed by atoms with Crippen molar-refractivity contribution in [3.8, 4) is 21.8 Å². The number of amides is 2. The number of piperidine rings is 1. The molecule has 0 unspecified atom stereocenters. The molecule has 0 aromatic carbocycles. The van der Waals surface area contributed by atoms with Crippen molar-refractivity contribution >= 4 is 34.6 Å². The van der Waals surface area contributed by atoms with Gasteiger partial charge in [-0.3, -0.25) is 14.5 Å². The van der Waals surface area contributed by atoms with Gasteiger partial charge in [-0.15, -0.1) is 11.3 Å². The van der Waals surface area contributed by atoms with Crippen LogP contribution in [0.4, 0.5) is 5.82 Å². The second kappa shape index (κ2) is 12.1. The second-order valence-corrected chi connectivity index (χ2v) is 11.1. The minimum Gasteiger partial charge on any atom is -0.369 e. The molecule has 0 saturated carbocycles. The van der Waals surface area contributed by atoms with Gasteiger partial charge in [-0.05, 0) is 62.5 Å². The number of hydrogen-bond acceptors (Lipinski definition) is 8. The first kappa shape index (κ1) is 27.7. The van der Waals surface area contributed by atoms with Crippen LogP contribution in [0.25, 0.3) is 27.5 Å². The van der Waals surface area contributed by atoms with Crippen molar-refractivity contribution in [2.75, 3.05) is 37.6 Å². The first-order valence-electron chi connectivity index (χ1n) is 13.8. The number of likely N-dealkylation sites (N-methyl/N-ethyl adjacent to an activating group) is 1. The van der Waals surface area contributed by atoms with Crippen molar-refractivity contribution in [3.63, 3.8) is 0 Å². The fourth-order valence-corrected chi connectivity index (χ4v) is 5.97. The van der Waals surface area contributed by atoms with Gasteiger partial charge in [0.25, 0.3) is 5.91 Å². The maximum Gasteiger partial charge on any atom is 0.251 e. The minimum absolute atomic E-state index is 0.136. The van der Waals surface area contributed by atoms with Gasteiger partial charge in [-0.25, -0.2) is 14.5 Å². The molecule has 210 valence electrons. The topological polar surface area (TPSA) is 122 Å². The predicted molar refractivity (Wildman–Crippen MR) is 158 cm³/mol. The number of carbonyl (C=O) groups is 2. The summed E-state index contributed by atoms with van der Waals surface area (Å²) in [5, 5.41) is 9.65. The summed E-state index contributed by atoms with van der Waals surface area (Å²) in [6, 6.07) is 9.84. The maximum atomic E-state index is 13.4. The molecule has 10 nitrogen and oxygen atoms in total. The number of nitrogens with zero attached hydrogens (tertiary/aromatic N) is 6. The van der Waals surface area contributed by atoms with Gasteiger partial charge in [0.15, 0.2) is 5.65 Å². The zero-order chi connectivity index (χ0) is 28.2. The molecule has 0 aliphatic carbocycles. The number of aromatic nitrogens is 4. The van der Waals surface area contributed by atoms with Gasteiger partial charge in [0.2, 0.25) is 5.91 Å². The van der Waals surface area contributed by atoms with Crippen LogP contribution in [0.15, 0.2) is 48.1 Å². The van der Waals surface area contributed by atoms with Crippen LogP contribution in [0.3, 0.4) is 0 Å². The molecule has 1 atom stereocenters. The average molecular weight is 561 g/mol. The number of rotatable bonds is 10. The van der Waals surface area contributed by atoms with E-state index in [0.29, 0.717) is 55.2 Å². The van der Waals surface area contributed by atoms with Crippen molar-refractivity contribution in [1.82, 2.24) is 29.8 Å². The lowest BCUT2D eigenvalue weighted by molar-refractivity contribution is -0.122. The van der Waals surface area contributed by atoms with Crippen LogP contribution < -0.4 is 16.0 Å². The summed E-state index contributed by atoms with van der Waals surface area (Å²) >= 11 is 1.63. The molecule has 0 radical (unpaired) electrons. The molecular weight excluding hydrogens is 524 g/mol. The number of carbonyl (C=O) groups excluding carboxylic acids is 2. The summed E-state index contributed by atoms with van der Waals surface area (Å²) < 4.78 is 1.73. The van der Waals surface area contributed by atoms with E-state index in [2.05, 4.69) is 41.0 Å². The third-order valence-corrected chi connectivity index (χ3v) is 8.60. The van der Waals surface area contributed by atoms with Crippen LogP contribution in [0.1, 0.15) is 44.0 Å². The highest BCUT2D eigenvalue weighted by Crippen LogP contribution is 2.30. The minimum atomic E-state index is -0.261. The Balaban J connectivity index is 1.50. The fraction of sp³-hybridized carbons (Fsp3) is 0.414. The third-order valence-electron chi connectivity index (χ3n) is 7.71. The van der Waals surface area contributed by atoms with Crippen LogP contribution in [-0.2, 0) is 4.79 Å². The molecule has 4 aromatic rings. The summed E-state index contributed by atoms with van der Waals surface area (Å²) in [4.78, 5) is 40.5. The normalized spacial score (nSPS) is 15.1. The molecule has 5 rings (SSSR count). The van der Waals surface area contributed by atoms with E-state index in [1.54, 1.807) is 22.0 Å². The maximum absolute atomic E-state index is 13.4. The Morgan fingerprint density at radius 3 is 2.60 bits per heavy atom. The molecule has 0 spiro atoms. The number of anilines is 1. The van der Waals surface area contributed by atoms with Crippen molar-refractivity contribution in [2.24, 2.45) is 11.7 Å². The summed E-state index contributed by atoms with van der Waals surface area (Å²) in [5.41, 5.74) is 8.99. The summed E-state index contributed by atoms with van der Waals surface area (Å²) in [5.74, 6) is 0.140. The van der Waals surface area contributed by atoms with Gasteiger partial charge in [-0.1, -0.05) is 19.9 Å². The molecule has 2 amide bonds.